The molecule has 1 aliphatic rings. The van der Waals surface area contributed by atoms with Crippen LogP contribution in [0.5, 0.6) is 0 Å². The van der Waals surface area contributed by atoms with Gasteiger partial charge in [-0.15, -0.1) is 0 Å². The van der Waals surface area contributed by atoms with Crippen LogP contribution in [0.25, 0.3) is 0 Å². The van der Waals surface area contributed by atoms with Crippen molar-refractivity contribution in [1.82, 2.24) is 9.55 Å². The predicted octanol–water partition coefficient (Wildman–Crippen LogP) is 2.85. The number of aromatic nitrogens is 2. The quantitative estimate of drug-likeness (QED) is 0.714. The first-order valence-corrected chi connectivity index (χ1v) is 9.38. The van der Waals surface area contributed by atoms with Crippen LogP contribution in [0.4, 0.5) is 0 Å². The first kappa shape index (κ1) is 19.9. The van der Waals surface area contributed by atoms with E-state index in [1.807, 2.05) is 6.20 Å². The molecule has 0 amide bonds. The van der Waals surface area contributed by atoms with Crippen molar-refractivity contribution in [1.29, 1.82) is 0 Å². The summed E-state index contributed by atoms with van der Waals surface area (Å²) >= 11 is 0. The van der Waals surface area contributed by atoms with Crippen molar-refractivity contribution in [2.75, 3.05) is 6.54 Å². The van der Waals surface area contributed by atoms with Crippen LogP contribution < -0.4 is 5.73 Å². The number of aliphatic carboxylic acids is 1. The van der Waals surface area contributed by atoms with Gasteiger partial charge in [0.05, 0.1) is 18.1 Å². The van der Waals surface area contributed by atoms with Crippen LogP contribution in [0.2, 0.25) is 0 Å². The molecule has 0 aliphatic heterocycles. The molecule has 2 unspecified atom stereocenters. The molecule has 0 aromatic carbocycles. The van der Waals surface area contributed by atoms with E-state index in [1.165, 1.54) is 25.7 Å². The van der Waals surface area contributed by atoms with E-state index in [0.717, 1.165) is 24.6 Å². The topological polar surface area (TPSA) is 90.4 Å². The Kier molecular flexibility index (Phi) is 7.02. The van der Waals surface area contributed by atoms with E-state index in [2.05, 4.69) is 23.4 Å². The standard InChI is InChI=1S/C19H33N3O3/c1-14(11-20)25-17(18(23)24)10-16-12-22(13-21-16)9-6-15-4-7-19(2,3)8-5-15/h12-15,17H,4-11,20H2,1-3H3,(H,23,24). The highest BCUT2D eigenvalue weighted by Crippen LogP contribution is 2.39. The second kappa shape index (κ2) is 8.81. The van der Waals surface area contributed by atoms with Crippen molar-refractivity contribution in [3.8, 4) is 0 Å². The molecule has 3 N–H and O–H groups in total. The van der Waals surface area contributed by atoms with Gasteiger partial charge >= 0.3 is 5.97 Å². The summed E-state index contributed by atoms with van der Waals surface area (Å²) < 4.78 is 7.54. The summed E-state index contributed by atoms with van der Waals surface area (Å²) in [7, 11) is 0. The highest BCUT2D eigenvalue weighted by Gasteiger charge is 2.26. The van der Waals surface area contributed by atoms with E-state index in [9.17, 15) is 9.90 Å². The number of hydrogen-bond donors (Lipinski definition) is 2. The minimum atomic E-state index is -0.973. The van der Waals surface area contributed by atoms with Crippen LogP contribution in [-0.4, -0.2) is 39.4 Å². The van der Waals surface area contributed by atoms with Crippen molar-refractivity contribution in [2.24, 2.45) is 17.1 Å². The first-order chi connectivity index (χ1) is 11.8. The zero-order chi connectivity index (χ0) is 18.4. The molecule has 6 nitrogen and oxygen atoms in total. The maximum Gasteiger partial charge on any atom is 0.333 e. The third kappa shape index (κ3) is 6.44. The molecule has 0 saturated heterocycles. The minimum Gasteiger partial charge on any atom is -0.479 e. The lowest BCUT2D eigenvalue weighted by Gasteiger charge is -2.34. The van der Waals surface area contributed by atoms with Gasteiger partial charge in [-0.3, -0.25) is 0 Å². The number of carbonyl (C=O) groups is 1. The fraction of sp³-hybridized carbons (Fsp3) is 0.789. The molecule has 0 spiro atoms. The molecular formula is C19H33N3O3. The molecule has 1 aliphatic carbocycles. The molecule has 1 heterocycles. The zero-order valence-electron chi connectivity index (χ0n) is 15.8. The molecular weight excluding hydrogens is 318 g/mol. The van der Waals surface area contributed by atoms with Crippen molar-refractivity contribution in [2.45, 2.75) is 78.0 Å². The van der Waals surface area contributed by atoms with Crippen LogP contribution in [0.15, 0.2) is 12.5 Å². The SMILES string of the molecule is CC(CN)OC(Cc1cn(CCC2CCC(C)(C)CC2)cn1)C(=O)O. The molecule has 1 aromatic heterocycles. The molecule has 25 heavy (non-hydrogen) atoms. The molecule has 6 heteroatoms. The Balaban J connectivity index is 1.82. The third-order valence-corrected chi connectivity index (χ3v) is 5.34. The number of nitrogens with zero attached hydrogens (tertiary/aromatic N) is 2. The van der Waals surface area contributed by atoms with Gasteiger partial charge in [0, 0.05) is 25.7 Å². The van der Waals surface area contributed by atoms with E-state index < -0.39 is 12.1 Å². The lowest BCUT2D eigenvalue weighted by molar-refractivity contribution is -0.153. The molecule has 2 rings (SSSR count). The summed E-state index contributed by atoms with van der Waals surface area (Å²) in [6.07, 6.45) is 9.22. The van der Waals surface area contributed by atoms with Crippen molar-refractivity contribution >= 4 is 5.97 Å². The number of aryl methyl sites for hydroxylation is 1. The zero-order valence-corrected chi connectivity index (χ0v) is 15.8. The molecule has 1 saturated carbocycles. The Labute approximate surface area is 150 Å². The van der Waals surface area contributed by atoms with Gasteiger partial charge < -0.3 is 20.1 Å². The van der Waals surface area contributed by atoms with Gasteiger partial charge in [0.1, 0.15) is 0 Å². The predicted molar refractivity (Wildman–Crippen MR) is 97.3 cm³/mol. The van der Waals surface area contributed by atoms with Gasteiger partial charge in [-0.2, -0.15) is 0 Å². The Morgan fingerprint density at radius 3 is 2.76 bits per heavy atom. The van der Waals surface area contributed by atoms with E-state index in [-0.39, 0.29) is 12.5 Å². The average Bonchev–Trinajstić information content (AvgIpc) is 3.00. The van der Waals surface area contributed by atoms with Crippen LogP contribution >= 0.6 is 0 Å². The highest BCUT2D eigenvalue weighted by molar-refractivity contribution is 5.72. The monoisotopic (exact) mass is 351 g/mol. The number of ether oxygens (including phenoxy) is 1. The molecule has 1 aromatic rings. The molecule has 1 fully saturated rings. The van der Waals surface area contributed by atoms with Gasteiger partial charge in [0.25, 0.3) is 0 Å². The van der Waals surface area contributed by atoms with Crippen LogP contribution in [-0.2, 0) is 22.5 Å². The Hall–Kier alpha value is -1.40. The highest BCUT2D eigenvalue weighted by atomic mass is 16.5. The van der Waals surface area contributed by atoms with E-state index in [1.54, 1.807) is 13.3 Å². The van der Waals surface area contributed by atoms with E-state index in [0.29, 0.717) is 12.0 Å². The number of rotatable bonds is 9. The van der Waals surface area contributed by atoms with Gasteiger partial charge in [0.15, 0.2) is 6.10 Å². The number of nitrogens with two attached hydrogens (primary N) is 1. The lowest BCUT2D eigenvalue weighted by atomic mass is 9.72. The number of hydrogen-bond acceptors (Lipinski definition) is 4. The maximum atomic E-state index is 11.3. The normalized spacial score (nSPS) is 20.3. The van der Waals surface area contributed by atoms with Crippen LogP contribution in [0.3, 0.4) is 0 Å². The molecule has 142 valence electrons. The van der Waals surface area contributed by atoms with Crippen molar-refractivity contribution in [3.63, 3.8) is 0 Å². The molecule has 0 bridgehead atoms. The van der Waals surface area contributed by atoms with E-state index in [4.69, 9.17) is 10.5 Å². The molecule has 2 atom stereocenters. The lowest BCUT2D eigenvalue weighted by Crippen LogP contribution is -2.33. The number of imidazole rings is 1. The summed E-state index contributed by atoms with van der Waals surface area (Å²) in [5.41, 5.74) is 6.76. The summed E-state index contributed by atoms with van der Waals surface area (Å²) in [6.45, 7) is 7.74. The third-order valence-electron chi connectivity index (χ3n) is 5.34. The summed E-state index contributed by atoms with van der Waals surface area (Å²) in [5, 5.41) is 9.30. The summed E-state index contributed by atoms with van der Waals surface area (Å²) in [4.78, 5) is 15.7. The van der Waals surface area contributed by atoms with Gasteiger partial charge in [-0.05, 0) is 50.4 Å². The summed E-state index contributed by atoms with van der Waals surface area (Å²) in [5.74, 6) is -0.181. The van der Waals surface area contributed by atoms with Crippen LogP contribution in [0, 0.1) is 11.3 Å². The van der Waals surface area contributed by atoms with Crippen molar-refractivity contribution in [3.05, 3.63) is 18.2 Å². The number of carboxylic acids is 1. The Bertz CT molecular complexity index is 546. The second-order valence-electron chi connectivity index (χ2n) is 8.21. The van der Waals surface area contributed by atoms with E-state index >= 15 is 0 Å². The first-order valence-electron chi connectivity index (χ1n) is 9.38. The minimum absolute atomic E-state index is 0.268. The van der Waals surface area contributed by atoms with Gasteiger partial charge in [-0.25, -0.2) is 9.78 Å². The number of carboxylic acid groups (broad SMARTS) is 1. The van der Waals surface area contributed by atoms with Crippen molar-refractivity contribution < 1.29 is 14.6 Å². The fourth-order valence-corrected chi connectivity index (χ4v) is 3.43. The second-order valence-corrected chi connectivity index (χ2v) is 8.21. The van der Waals surface area contributed by atoms with Gasteiger partial charge in [-0.1, -0.05) is 13.8 Å². The average molecular weight is 351 g/mol. The fourth-order valence-electron chi connectivity index (χ4n) is 3.43. The Morgan fingerprint density at radius 1 is 1.48 bits per heavy atom. The smallest absolute Gasteiger partial charge is 0.333 e. The van der Waals surface area contributed by atoms with Gasteiger partial charge in [0.2, 0.25) is 0 Å². The molecule has 0 radical (unpaired) electrons. The maximum absolute atomic E-state index is 11.3. The summed E-state index contributed by atoms with van der Waals surface area (Å²) in [6, 6.07) is 0. The Morgan fingerprint density at radius 2 is 2.16 bits per heavy atom. The largest absolute Gasteiger partial charge is 0.479 e. The van der Waals surface area contributed by atoms with Crippen LogP contribution in [0.1, 0.15) is 58.6 Å².